The zero-order valence-electron chi connectivity index (χ0n) is 13.7. The highest BCUT2D eigenvalue weighted by atomic mass is 16.2. The molecule has 1 N–H and O–H groups in total. The quantitative estimate of drug-likeness (QED) is 0.919. The van der Waals surface area contributed by atoms with Gasteiger partial charge in [0.15, 0.2) is 0 Å². The van der Waals surface area contributed by atoms with E-state index in [4.69, 9.17) is 0 Å². The Labute approximate surface area is 137 Å². The maximum absolute atomic E-state index is 12.5. The van der Waals surface area contributed by atoms with E-state index in [1.165, 1.54) is 11.3 Å². The molecule has 3 rings (SSSR count). The molecule has 2 aromatic rings. The molecule has 1 aliphatic heterocycles. The van der Waals surface area contributed by atoms with Crippen LogP contribution in [0.2, 0.25) is 0 Å². The summed E-state index contributed by atoms with van der Waals surface area (Å²) in [6.07, 6.45) is 0. The van der Waals surface area contributed by atoms with Gasteiger partial charge in [-0.3, -0.25) is 0 Å². The lowest BCUT2D eigenvalue weighted by Crippen LogP contribution is -2.50. The number of amides is 2. The Bertz CT molecular complexity index is 676. The van der Waals surface area contributed by atoms with Gasteiger partial charge in [0, 0.05) is 37.6 Å². The molecule has 23 heavy (non-hydrogen) atoms. The topological polar surface area (TPSA) is 35.6 Å². The number of nitrogens with one attached hydrogen (secondary N) is 1. The van der Waals surface area contributed by atoms with Crippen molar-refractivity contribution in [3.05, 3.63) is 59.7 Å². The summed E-state index contributed by atoms with van der Waals surface area (Å²) >= 11 is 0. The van der Waals surface area contributed by atoms with Gasteiger partial charge in [0.1, 0.15) is 0 Å². The van der Waals surface area contributed by atoms with E-state index < -0.39 is 0 Å². The maximum Gasteiger partial charge on any atom is 0.321 e. The molecule has 1 saturated heterocycles. The Morgan fingerprint density at radius 3 is 2.30 bits per heavy atom. The molecule has 0 bridgehead atoms. The number of carbonyl (C=O) groups excluding carboxylic acids is 1. The van der Waals surface area contributed by atoms with Gasteiger partial charge >= 0.3 is 6.03 Å². The highest BCUT2D eigenvalue weighted by molar-refractivity contribution is 5.90. The standard InChI is InChI=1S/C19H23N3O/c1-15-7-6-10-18(16(15)2)20-19(23)22-13-11-21(12-14-22)17-8-4-3-5-9-17/h3-10H,11-14H2,1-2H3,(H,20,23). The monoisotopic (exact) mass is 309 g/mol. The van der Waals surface area contributed by atoms with Crippen LogP contribution in [-0.4, -0.2) is 37.1 Å². The highest BCUT2D eigenvalue weighted by Crippen LogP contribution is 2.20. The lowest BCUT2D eigenvalue weighted by atomic mass is 10.1. The average molecular weight is 309 g/mol. The molecule has 0 saturated carbocycles. The van der Waals surface area contributed by atoms with Gasteiger partial charge in [-0.15, -0.1) is 0 Å². The van der Waals surface area contributed by atoms with Crippen molar-refractivity contribution in [2.24, 2.45) is 0 Å². The zero-order chi connectivity index (χ0) is 16.2. The van der Waals surface area contributed by atoms with Crippen molar-refractivity contribution in [3.8, 4) is 0 Å². The summed E-state index contributed by atoms with van der Waals surface area (Å²) in [6, 6.07) is 16.3. The van der Waals surface area contributed by atoms with Crippen LogP contribution in [0.25, 0.3) is 0 Å². The number of carbonyl (C=O) groups is 1. The zero-order valence-corrected chi connectivity index (χ0v) is 13.7. The van der Waals surface area contributed by atoms with Crippen molar-refractivity contribution in [1.29, 1.82) is 0 Å². The molecule has 0 atom stereocenters. The van der Waals surface area contributed by atoms with Gasteiger partial charge in [0.25, 0.3) is 0 Å². The minimum atomic E-state index is -0.00795. The molecule has 0 aliphatic carbocycles. The fourth-order valence-electron chi connectivity index (χ4n) is 2.89. The molecule has 0 radical (unpaired) electrons. The third kappa shape index (κ3) is 3.47. The molecular weight excluding hydrogens is 286 g/mol. The summed E-state index contributed by atoms with van der Waals surface area (Å²) in [5.41, 5.74) is 4.45. The van der Waals surface area contributed by atoms with E-state index in [1.807, 2.05) is 30.0 Å². The van der Waals surface area contributed by atoms with Crippen LogP contribution in [0, 0.1) is 13.8 Å². The third-order valence-corrected chi connectivity index (χ3v) is 4.53. The summed E-state index contributed by atoms with van der Waals surface area (Å²) in [5.74, 6) is 0. The van der Waals surface area contributed by atoms with E-state index >= 15 is 0 Å². The Hall–Kier alpha value is -2.49. The van der Waals surface area contributed by atoms with E-state index in [0.29, 0.717) is 0 Å². The van der Waals surface area contributed by atoms with E-state index in [1.54, 1.807) is 0 Å². The van der Waals surface area contributed by atoms with Crippen LogP contribution in [0.4, 0.5) is 16.2 Å². The summed E-state index contributed by atoms with van der Waals surface area (Å²) in [7, 11) is 0. The normalized spacial score (nSPS) is 14.7. The number of hydrogen-bond donors (Lipinski definition) is 1. The first-order valence-corrected chi connectivity index (χ1v) is 8.07. The van der Waals surface area contributed by atoms with Crippen molar-refractivity contribution in [2.75, 3.05) is 36.4 Å². The van der Waals surface area contributed by atoms with Crippen LogP contribution in [0.5, 0.6) is 0 Å². The Kier molecular flexibility index (Phi) is 4.51. The second-order valence-corrected chi connectivity index (χ2v) is 5.99. The molecule has 4 heteroatoms. The van der Waals surface area contributed by atoms with E-state index in [0.717, 1.165) is 37.4 Å². The van der Waals surface area contributed by atoms with E-state index in [-0.39, 0.29) is 6.03 Å². The van der Waals surface area contributed by atoms with Gasteiger partial charge in [-0.2, -0.15) is 0 Å². The molecule has 0 unspecified atom stereocenters. The molecule has 1 fully saturated rings. The average Bonchev–Trinajstić information content (AvgIpc) is 2.60. The number of para-hydroxylation sites is 1. The largest absolute Gasteiger partial charge is 0.368 e. The Morgan fingerprint density at radius 1 is 0.913 bits per heavy atom. The minimum Gasteiger partial charge on any atom is -0.368 e. The smallest absolute Gasteiger partial charge is 0.321 e. The molecule has 4 nitrogen and oxygen atoms in total. The van der Waals surface area contributed by atoms with Gasteiger partial charge in [0.05, 0.1) is 0 Å². The molecule has 1 aliphatic rings. The molecule has 120 valence electrons. The first-order chi connectivity index (χ1) is 11.1. The number of nitrogens with zero attached hydrogens (tertiary/aromatic N) is 2. The first-order valence-electron chi connectivity index (χ1n) is 8.07. The van der Waals surface area contributed by atoms with Gasteiger partial charge < -0.3 is 15.1 Å². The highest BCUT2D eigenvalue weighted by Gasteiger charge is 2.21. The van der Waals surface area contributed by atoms with Crippen molar-refractivity contribution >= 4 is 17.4 Å². The fraction of sp³-hybridized carbons (Fsp3) is 0.316. The lowest BCUT2D eigenvalue weighted by molar-refractivity contribution is 0.208. The van der Waals surface area contributed by atoms with Crippen molar-refractivity contribution in [3.63, 3.8) is 0 Å². The van der Waals surface area contributed by atoms with Gasteiger partial charge in [0.2, 0.25) is 0 Å². The van der Waals surface area contributed by atoms with Gasteiger partial charge in [-0.1, -0.05) is 30.3 Å². The molecule has 2 aromatic carbocycles. The first kappa shape index (κ1) is 15.4. The van der Waals surface area contributed by atoms with E-state index in [9.17, 15) is 4.79 Å². The number of rotatable bonds is 2. The third-order valence-electron chi connectivity index (χ3n) is 4.53. The number of hydrogen-bond acceptors (Lipinski definition) is 2. The van der Waals surface area contributed by atoms with Crippen LogP contribution in [0.3, 0.4) is 0 Å². The number of aryl methyl sites for hydroxylation is 1. The van der Waals surface area contributed by atoms with Crippen LogP contribution in [-0.2, 0) is 0 Å². The molecule has 2 amide bonds. The number of urea groups is 1. The van der Waals surface area contributed by atoms with Crippen LogP contribution >= 0.6 is 0 Å². The van der Waals surface area contributed by atoms with Gasteiger partial charge in [-0.05, 0) is 43.2 Å². The SMILES string of the molecule is Cc1cccc(NC(=O)N2CCN(c3ccccc3)CC2)c1C. The molecule has 0 spiro atoms. The summed E-state index contributed by atoms with van der Waals surface area (Å²) in [6.45, 7) is 7.31. The van der Waals surface area contributed by atoms with E-state index in [2.05, 4.69) is 47.5 Å². The minimum absolute atomic E-state index is 0.00795. The van der Waals surface area contributed by atoms with Crippen LogP contribution in [0.1, 0.15) is 11.1 Å². The molecular formula is C19H23N3O. The maximum atomic E-state index is 12.5. The second-order valence-electron chi connectivity index (χ2n) is 5.99. The van der Waals surface area contributed by atoms with Crippen molar-refractivity contribution in [1.82, 2.24) is 4.90 Å². The predicted molar refractivity (Wildman–Crippen MR) is 95.2 cm³/mol. The summed E-state index contributed by atoms with van der Waals surface area (Å²) in [4.78, 5) is 16.7. The number of piperazine rings is 1. The van der Waals surface area contributed by atoms with Crippen molar-refractivity contribution in [2.45, 2.75) is 13.8 Å². The molecule has 1 heterocycles. The fourth-order valence-corrected chi connectivity index (χ4v) is 2.89. The van der Waals surface area contributed by atoms with Crippen LogP contribution in [0.15, 0.2) is 48.5 Å². The molecule has 0 aromatic heterocycles. The second kappa shape index (κ2) is 6.73. The van der Waals surface area contributed by atoms with Crippen LogP contribution < -0.4 is 10.2 Å². The summed E-state index contributed by atoms with van der Waals surface area (Å²) < 4.78 is 0. The number of benzene rings is 2. The Balaban J connectivity index is 1.59. The number of anilines is 2. The van der Waals surface area contributed by atoms with Gasteiger partial charge in [-0.25, -0.2) is 4.79 Å². The predicted octanol–water partition coefficient (Wildman–Crippen LogP) is 3.66. The van der Waals surface area contributed by atoms with Crippen molar-refractivity contribution < 1.29 is 4.79 Å². The Morgan fingerprint density at radius 2 is 1.61 bits per heavy atom. The lowest BCUT2D eigenvalue weighted by Gasteiger charge is -2.36. The summed E-state index contributed by atoms with van der Waals surface area (Å²) in [5, 5.41) is 3.04.